The Balaban J connectivity index is 1.17. The van der Waals surface area contributed by atoms with E-state index in [1.165, 1.54) is 0 Å². The molecule has 0 atom stereocenters. The van der Waals surface area contributed by atoms with E-state index in [0.29, 0.717) is 17.6 Å². The lowest BCUT2D eigenvalue weighted by atomic mass is 9.93. The van der Waals surface area contributed by atoms with Gasteiger partial charge in [-0.1, -0.05) is 170 Å². The van der Waals surface area contributed by atoms with E-state index < -0.39 is 0 Å². The standard InChI is InChI=1S/C57H35N5O/c1-4-17-36(18-5-1)40-26-16-29-49(52(40)37-19-6-2-7-20-37)61-47-27-13-10-23-41(47)44-32-33-45-42-24-11-14-28-48(42)62(54(45)53(44)61)57-59-55(38-21-8-3-9-22-38)58-56(60-57)39-31-34-51-46(35-39)43-25-12-15-30-50(43)63-51/h1-35H. The Bertz CT molecular complexity index is 3900. The maximum atomic E-state index is 6.24. The molecule has 0 radical (unpaired) electrons. The Labute approximate surface area is 361 Å². The first-order valence-corrected chi connectivity index (χ1v) is 21.2. The average Bonchev–Trinajstić information content (AvgIpc) is 4.02. The van der Waals surface area contributed by atoms with Gasteiger partial charge in [0, 0.05) is 49.0 Å². The molecule has 0 fully saturated rings. The highest BCUT2D eigenvalue weighted by molar-refractivity contribution is 6.24. The van der Waals surface area contributed by atoms with Gasteiger partial charge >= 0.3 is 0 Å². The third-order valence-electron chi connectivity index (χ3n) is 12.4. The van der Waals surface area contributed by atoms with E-state index in [4.69, 9.17) is 19.4 Å². The van der Waals surface area contributed by atoms with E-state index in [1.54, 1.807) is 0 Å². The third kappa shape index (κ3) is 5.48. The molecule has 0 unspecified atom stereocenters. The van der Waals surface area contributed by atoms with Gasteiger partial charge < -0.3 is 8.98 Å². The molecule has 0 saturated heterocycles. The van der Waals surface area contributed by atoms with E-state index in [0.717, 1.165) is 105 Å². The van der Waals surface area contributed by atoms with Gasteiger partial charge in [0.25, 0.3) is 0 Å². The molecule has 0 N–H and O–H groups in total. The largest absolute Gasteiger partial charge is 0.456 e. The molecule has 0 aliphatic carbocycles. The lowest BCUT2D eigenvalue weighted by molar-refractivity contribution is 0.669. The van der Waals surface area contributed by atoms with Crippen molar-refractivity contribution in [3.63, 3.8) is 0 Å². The first kappa shape index (κ1) is 35.2. The summed E-state index contributed by atoms with van der Waals surface area (Å²) >= 11 is 0. The summed E-state index contributed by atoms with van der Waals surface area (Å²) in [5.74, 6) is 1.70. The fourth-order valence-corrected chi connectivity index (χ4v) is 9.63. The Hall–Kier alpha value is -8.61. The van der Waals surface area contributed by atoms with Gasteiger partial charge in [0.1, 0.15) is 11.2 Å². The van der Waals surface area contributed by atoms with Gasteiger partial charge in [0.2, 0.25) is 5.95 Å². The number of hydrogen-bond acceptors (Lipinski definition) is 4. The van der Waals surface area contributed by atoms with Gasteiger partial charge in [-0.3, -0.25) is 4.57 Å². The predicted octanol–water partition coefficient (Wildman–Crippen LogP) is 14.6. The lowest BCUT2D eigenvalue weighted by Gasteiger charge is -2.19. The van der Waals surface area contributed by atoms with Gasteiger partial charge in [-0.05, 0) is 59.2 Å². The molecule has 0 spiro atoms. The quantitative estimate of drug-likeness (QED) is 0.168. The molecule has 9 aromatic carbocycles. The van der Waals surface area contributed by atoms with Crippen molar-refractivity contribution in [3.05, 3.63) is 212 Å². The van der Waals surface area contributed by atoms with Gasteiger partial charge in [0.05, 0.1) is 27.8 Å². The molecule has 0 aliphatic heterocycles. The van der Waals surface area contributed by atoms with Crippen molar-refractivity contribution in [2.45, 2.75) is 0 Å². The summed E-state index contributed by atoms with van der Waals surface area (Å²) < 4.78 is 11.0. The number of fused-ring (bicyclic) bond motifs is 10. The van der Waals surface area contributed by atoms with Crippen LogP contribution in [0.5, 0.6) is 0 Å². The number of hydrogen-bond donors (Lipinski definition) is 0. The Morgan fingerprint density at radius 3 is 1.57 bits per heavy atom. The minimum absolute atomic E-state index is 0.535. The van der Waals surface area contributed by atoms with E-state index in [-0.39, 0.29) is 0 Å². The molecule has 6 nitrogen and oxygen atoms in total. The third-order valence-corrected chi connectivity index (χ3v) is 12.4. The summed E-state index contributed by atoms with van der Waals surface area (Å²) in [6.45, 7) is 0. The minimum Gasteiger partial charge on any atom is -0.456 e. The molecular weight excluding hydrogens is 771 g/mol. The molecule has 13 aromatic rings. The topological polar surface area (TPSA) is 61.7 Å². The second-order valence-electron chi connectivity index (χ2n) is 16.0. The van der Waals surface area contributed by atoms with Crippen LogP contribution in [0, 0.1) is 0 Å². The highest BCUT2D eigenvalue weighted by Gasteiger charge is 2.25. The lowest BCUT2D eigenvalue weighted by Crippen LogP contribution is -2.07. The Kier molecular flexibility index (Phi) is 7.80. The zero-order chi connectivity index (χ0) is 41.4. The van der Waals surface area contributed by atoms with Gasteiger partial charge in [-0.25, -0.2) is 4.98 Å². The summed E-state index contributed by atoms with van der Waals surface area (Å²) in [6.07, 6.45) is 0. The van der Waals surface area contributed by atoms with Crippen molar-refractivity contribution in [1.29, 1.82) is 0 Å². The van der Waals surface area contributed by atoms with Crippen molar-refractivity contribution < 1.29 is 4.42 Å². The number of aromatic nitrogens is 5. The van der Waals surface area contributed by atoms with Crippen LogP contribution in [0.1, 0.15) is 0 Å². The monoisotopic (exact) mass is 805 g/mol. The van der Waals surface area contributed by atoms with Crippen molar-refractivity contribution in [1.82, 2.24) is 24.1 Å². The van der Waals surface area contributed by atoms with Gasteiger partial charge in [-0.15, -0.1) is 0 Å². The van der Waals surface area contributed by atoms with Crippen LogP contribution in [-0.2, 0) is 0 Å². The number of nitrogens with zero attached hydrogens (tertiary/aromatic N) is 5. The van der Waals surface area contributed by atoms with E-state index in [2.05, 4.69) is 173 Å². The van der Waals surface area contributed by atoms with Crippen LogP contribution in [0.4, 0.5) is 0 Å². The molecule has 0 amide bonds. The highest BCUT2D eigenvalue weighted by Crippen LogP contribution is 2.45. The Morgan fingerprint density at radius 2 is 0.873 bits per heavy atom. The zero-order valence-electron chi connectivity index (χ0n) is 33.9. The molecule has 6 heteroatoms. The second kappa shape index (κ2) is 14.0. The van der Waals surface area contributed by atoms with Gasteiger partial charge in [-0.2, -0.15) is 9.97 Å². The first-order valence-electron chi connectivity index (χ1n) is 21.2. The minimum atomic E-state index is 0.535. The van der Waals surface area contributed by atoms with Crippen LogP contribution in [0.2, 0.25) is 0 Å². The van der Waals surface area contributed by atoms with Crippen molar-refractivity contribution >= 4 is 65.6 Å². The Morgan fingerprint density at radius 1 is 0.333 bits per heavy atom. The maximum absolute atomic E-state index is 6.24. The van der Waals surface area contributed by atoms with Crippen LogP contribution in [-0.4, -0.2) is 24.1 Å². The molecule has 4 aromatic heterocycles. The molecule has 0 aliphatic rings. The van der Waals surface area contributed by atoms with Crippen LogP contribution < -0.4 is 0 Å². The van der Waals surface area contributed by atoms with E-state index in [9.17, 15) is 0 Å². The fraction of sp³-hybridized carbons (Fsp3) is 0. The first-order chi connectivity index (χ1) is 31.3. The zero-order valence-corrected chi connectivity index (χ0v) is 33.9. The summed E-state index contributed by atoms with van der Waals surface area (Å²) in [5, 5.41) is 6.59. The number of para-hydroxylation sites is 3. The van der Waals surface area contributed by atoms with Crippen molar-refractivity contribution in [2.75, 3.05) is 0 Å². The molecular formula is C57H35N5O. The molecule has 13 rings (SSSR count). The number of rotatable bonds is 6. The highest BCUT2D eigenvalue weighted by atomic mass is 16.3. The maximum Gasteiger partial charge on any atom is 0.238 e. The summed E-state index contributed by atoms with van der Waals surface area (Å²) in [6, 6.07) is 74.6. The average molecular weight is 806 g/mol. The molecule has 0 bridgehead atoms. The van der Waals surface area contributed by atoms with Crippen LogP contribution in [0.3, 0.4) is 0 Å². The van der Waals surface area contributed by atoms with E-state index >= 15 is 0 Å². The summed E-state index contributed by atoms with van der Waals surface area (Å²) in [4.78, 5) is 16.0. The smallest absolute Gasteiger partial charge is 0.238 e. The van der Waals surface area contributed by atoms with Crippen LogP contribution >= 0.6 is 0 Å². The summed E-state index contributed by atoms with van der Waals surface area (Å²) in [7, 11) is 0. The van der Waals surface area contributed by atoms with Crippen molar-refractivity contribution in [3.8, 4) is 56.7 Å². The SMILES string of the molecule is c1ccc(-c2nc(-c3ccc4oc5ccccc5c4c3)nc(-n3c4ccccc4c4ccc5c6ccccc6n(-c6cccc(-c7ccccc7)c6-c6ccccc6)c5c43)n2)cc1. The molecule has 63 heavy (non-hydrogen) atoms. The predicted molar refractivity (Wildman–Crippen MR) is 258 cm³/mol. The van der Waals surface area contributed by atoms with Crippen molar-refractivity contribution in [2.24, 2.45) is 0 Å². The van der Waals surface area contributed by atoms with Gasteiger partial charge in [0.15, 0.2) is 11.6 Å². The number of furan rings is 1. The van der Waals surface area contributed by atoms with E-state index in [1.807, 2.05) is 48.5 Å². The summed E-state index contributed by atoms with van der Waals surface area (Å²) in [5.41, 5.74) is 13.4. The fourth-order valence-electron chi connectivity index (χ4n) is 9.63. The van der Waals surface area contributed by atoms with Crippen LogP contribution in [0.15, 0.2) is 217 Å². The number of benzene rings is 9. The normalized spacial score (nSPS) is 11.8. The molecule has 0 saturated carbocycles. The van der Waals surface area contributed by atoms with Crippen LogP contribution in [0.25, 0.3) is 122 Å². The molecule has 294 valence electrons. The second-order valence-corrected chi connectivity index (χ2v) is 16.0. The molecule has 4 heterocycles.